The molecule has 1 aliphatic rings. The third-order valence-electron chi connectivity index (χ3n) is 5.17. The Hall–Kier alpha value is -2.90. The summed E-state index contributed by atoms with van der Waals surface area (Å²) in [6.45, 7) is 3.16. The molecule has 0 atom stereocenters. The van der Waals surface area contributed by atoms with Crippen LogP contribution in [0.5, 0.6) is 5.75 Å². The summed E-state index contributed by atoms with van der Waals surface area (Å²) in [7, 11) is 0. The van der Waals surface area contributed by atoms with Gasteiger partial charge in [-0.25, -0.2) is 0 Å². The van der Waals surface area contributed by atoms with Gasteiger partial charge in [-0.3, -0.25) is 4.79 Å². The van der Waals surface area contributed by atoms with Crippen molar-refractivity contribution in [2.75, 3.05) is 31.6 Å². The number of ether oxygens (including phenoxy) is 1. The van der Waals surface area contributed by atoms with E-state index < -0.39 is 0 Å². The topological polar surface area (TPSA) is 80.5 Å². The van der Waals surface area contributed by atoms with Gasteiger partial charge < -0.3 is 19.5 Å². The van der Waals surface area contributed by atoms with Gasteiger partial charge >= 0.3 is 0 Å². The van der Waals surface area contributed by atoms with Crippen molar-refractivity contribution in [3.8, 4) is 17.1 Å². The number of hydrogen-bond acceptors (Lipinski definition) is 6. The molecule has 1 aromatic heterocycles. The summed E-state index contributed by atoms with van der Waals surface area (Å²) >= 11 is 5.84. The third-order valence-corrected chi connectivity index (χ3v) is 5.42. The summed E-state index contributed by atoms with van der Waals surface area (Å²) in [5.74, 6) is 1.54. The number of nitrogens with zero attached hydrogens (tertiary/aromatic N) is 3. The minimum Gasteiger partial charge on any atom is -0.484 e. The first kappa shape index (κ1) is 21.3. The van der Waals surface area contributed by atoms with Crippen LogP contribution < -0.4 is 10.1 Å². The molecule has 0 unspecified atom stereocenters. The first-order chi connectivity index (χ1) is 15.2. The molecule has 0 bridgehead atoms. The van der Waals surface area contributed by atoms with Crippen LogP contribution in [0.25, 0.3) is 11.4 Å². The zero-order valence-corrected chi connectivity index (χ0v) is 18.0. The highest BCUT2D eigenvalue weighted by atomic mass is 35.5. The molecule has 8 heteroatoms. The molecule has 1 amide bonds. The Bertz CT molecular complexity index is 983. The number of amides is 1. The summed E-state index contributed by atoms with van der Waals surface area (Å²) < 4.78 is 10.9. The number of carbonyl (C=O) groups excluding carboxylic acids is 1. The van der Waals surface area contributed by atoms with E-state index in [1.807, 2.05) is 12.1 Å². The Morgan fingerprint density at radius 3 is 2.55 bits per heavy atom. The van der Waals surface area contributed by atoms with Crippen LogP contribution in [0.15, 0.2) is 53.1 Å². The monoisotopic (exact) mass is 440 g/mol. The number of halogens is 1. The Labute approximate surface area is 186 Å². The molecule has 2 aromatic carbocycles. The second-order valence-electron chi connectivity index (χ2n) is 7.53. The van der Waals surface area contributed by atoms with E-state index in [1.54, 1.807) is 36.4 Å². The van der Waals surface area contributed by atoms with Gasteiger partial charge in [0.05, 0.1) is 0 Å². The predicted octanol–water partition coefficient (Wildman–Crippen LogP) is 4.44. The number of anilines is 1. The lowest BCUT2D eigenvalue weighted by molar-refractivity contribution is -0.118. The molecule has 0 spiro atoms. The Kier molecular flexibility index (Phi) is 7.17. The van der Waals surface area contributed by atoms with E-state index in [2.05, 4.69) is 20.4 Å². The van der Waals surface area contributed by atoms with Crippen LogP contribution in [0.4, 0.5) is 5.69 Å². The maximum absolute atomic E-state index is 12.1. The zero-order chi connectivity index (χ0) is 21.5. The minimum absolute atomic E-state index is 0.0887. The number of benzene rings is 2. The summed E-state index contributed by atoms with van der Waals surface area (Å²) in [6, 6.07) is 14.2. The summed E-state index contributed by atoms with van der Waals surface area (Å²) in [5.41, 5.74) is 1.51. The number of carbonyl (C=O) groups is 1. The Morgan fingerprint density at radius 2 is 1.81 bits per heavy atom. The van der Waals surface area contributed by atoms with Crippen LogP contribution >= 0.6 is 11.6 Å². The highest BCUT2D eigenvalue weighted by Gasteiger charge is 2.13. The normalized spacial score (nSPS) is 14.4. The van der Waals surface area contributed by atoms with E-state index in [0.29, 0.717) is 28.2 Å². The molecule has 7 nitrogen and oxygen atoms in total. The molecular weight excluding hydrogens is 416 g/mol. The SMILES string of the molecule is O=C(COc1ccc(Cl)cc1)Nc1ccc(-c2noc(CCN3CCCCC3)n2)cc1. The number of likely N-dealkylation sites (tertiary alicyclic amines) is 1. The van der Waals surface area contributed by atoms with Crippen LogP contribution in [-0.4, -0.2) is 47.2 Å². The second-order valence-corrected chi connectivity index (χ2v) is 7.97. The lowest BCUT2D eigenvalue weighted by atomic mass is 10.1. The smallest absolute Gasteiger partial charge is 0.262 e. The average molecular weight is 441 g/mol. The molecule has 2 heterocycles. The van der Waals surface area contributed by atoms with Gasteiger partial charge in [-0.05, 0) is 74.5 Å². The molecule has 3 aromatic rings. The highest BCUT2D eigenvalue weighted by molar-refractivity contribution is 6.30. The fraction of sp³-hybridized carbons (Fsp3) is 0.348. The van der Waals surface area contributed by atoms with Gasteiger partial charge in [-0.2, -0.15) is 4.98 Å². The van der Waals surface area contributed by atoms with E-state index in [0.717, 1.165) is 31.6 Å². The summed E-state index contributed by atoms with van der Waals surface area (Å²) in [4.78, 5) is 19.1. The lowest BCUT2D eigenvalue weighted by Crippen LogP contribution is -2.31. The zero-order valence-electron chi connectivity index (χ0n) is 17.2. The van der Waals surface area contributed by atoms with Crippen molar-refractivity contribution in [1.82, 2.24) is 15.0 Å². The fourth-order valence-corrected chi connectivity index (χ4v) is 3.62. The largest absolute Gasteiger partial charge is 0.484 e. The van der Waals surface area contributed by atoms with Crippen molar-refractivity contribution >= 4 is 23.2 Å². The van der Waals surface area contributed by atoms with Crippen molar-refractivity contribution in [3.05, 3.63) is 59.4 Å². The van der Waals surface area contributed by atoms with Crippen LogP contribution in [0, 0.1) is 0 Å². The maximum Gasteiger partial charge on any atom is 0.262 e. The van der Waals surface area contributed by atoms with E-state index in [9.17, 15) is 4.79 Å². The van der Waals surface area contributed by atoms with Crippen LogP contribution in [-0.2, 0) is 11.2 Å². The first-order valence-corrected chi connectivity index (χ1v) is 10.9. The highest BCUT2D eigenvalue weighted by Crippen LogP contribution is 2.20. The number of aromatic nitrogens is 2. The maximum atomic E-state index is 12.1. The van der Waals surface area contributed by atoms with Crippen molar-refractivity contribution in [2.24, 2.45) is 0 Å². The first-order valence-electron chi connectivity index (χ1n) is 10.5. The average Bonchev–Trinajstić information content (AvgIpc) is 3.28. The molecule has 1 fully saturated rings. The second kappa shape index (κ2) is 10.4. The van der Waals surface area contributed by atoms with Gasteiger partial charge in [0.25, 0.3) is 5.91 Å². The number of rotatable bonds is 8. The molecule has 31 heavy (non-hydrogen) atoms. The molecule has 1 N–H and O–H groups in total. The molecule has 4 rings (SSSR count). The van der Waals surface area contributed by atoms with Crippen molar-refractivity contribution in [2.45, 2.75) is 25.7 Å². The third kappa shape index (κ3) is 6.29. The molecule has 0 radical (unpaired) electrons. The van der Waals surface area contributed by atoms with Crippen molar-refractivity contribution in [3.63, 3.8) is 0 Å². The molecule has 0 aliphatic carbocycles. The fourth-order valence-electron chi connectivity index (χ4n) is 3.49. The van der Waals surface area contributed by atoms with Crippen molar-refractivity contribution < 1.29 is 14.1 Å². The number of nitrogens with one attached hydrogen (secondary N) is 1. The van der Waals surface area contributed by atoms with Crippen LogP contribution in [0.2, 0.25) is 5.02 Å². The van der Waals surface area contributed by atoms with Gasteiger partial charge in [0.2, 0.25) is 11.7 Å². The standard InChI is InChI=1S/C23H25ClN4O3/c24-18-6-10-20(11-7-18)30-16-21(29)25-19-8-4-17(5-9-19)23-26-22(31-27-23)12-15-28-13-2-1-3-14-28/h4-11H,1-3,12-16H2,(H,25,29). The lowest BCUT2D eigenvalue weighted by Gasteiger charge is -2.25. The molecule has 1 saturated heterocycles. The van der Waals surface area contributed by atoms with Crippen molar-refractivity contribution in [1.29, 1.82) is 0 Å². The minimum atomic E-state index is -0.248. The summed E-state index contributed by atoms with van der Waals surface area (Å²) in [5, 5.41) is 7.51. The Balaban J connectivity index is 1.26. The predicted molar refractivity (Wildman–Crippen MR) is 119 cm³/mol. The van der Waals surface area contributed by atoms with Gasteiger partial charge in [0.1, 0.15) is 5.75 Å². The quantitative estimate of drug-likeness (QED) is 0.558. The molecular formula is C23H25ClN4O3. The molecule has 162 valence electrons. The molecule has 1 aliphatic heterocycles. The van der Waals surface area contributed by atoms with Gasteiger partial charge in [0, 0.05) is 29.2 Å². The van der Waals surface area contributed by atoms with Gasteiger partial charge in [-0.1, -0.05) is 23.2 Å². The van der Waals surface area contributed by atoms with Gasteiger partial charge in [0.15, 0.2) is 6.61 Å². The van der Waals surface area contributed by atoms with Crippen LogP contribution in [0.3, 0.4) is 0 Å². The Morgan fingerprint density at radius 1 is 1.06 bits per heavy atom. The number of piperidine rings is 1. The van der Waals surface area contributed by atoms with E-state index in [1.165, 1.54) is 19.3 Å². The molecule has 0 saturated carbocycles. The van der Waals surface area contributed by atoms with Gasteiger partial charge in [-0.15, -0.1) is 0 Å². The van der Waals surface area contributed by atoms with E-state index in [-0.39, 0.29) is 12.5 Å². The van der Waals surface area contributed by atoms with E-state index in [4.69, 9.17) is 20.9 Å². The summed E-state index contributed by atoms with van der Waals surface area (Å²) in [6.07, 6.45) is 4.62. The van der Waals surface area contributed by atoms with E-state index >= 15 is 0 Å². The van der Waals surface area contributed by atoms with Crippen LogP contribution in [0.1, 0.15) is 25.2 Å². The number of hydrogen-bond donors (Lipinski definition) is 1.